The number of hydrogen-bond acceptors (Lipinski definition) is 4. The minimum atomic E-state index is 0.184. The van der Waals surface area contributed by atoms with Crippen LogP contribution >= 0.6 is 11.8 Å². The number of ketones is 1. The predicted octanol–water partition coefficient (Wildman–Crippen LogP) is 12.5. The summed E-state index contributed by atoms with van der Waals surface area (Å²) in [5, 5.41) is 1.12. The van der Waals surface area contributed by atoms with E-state index in [-0.39, 0.29) is 5.78 Å². The first-order chi connectivity index (χ1) is 24.9. The molecule has 5 aromatic carbocycles. The molecule has 2 atom stereocenters. The smallest absolute Gasteiger partial charge is 0.192 e. The van der Waals surface area contributed by atoms with Crippen LogP contribution in [0.1, 0.15) is 90.5 Å². The molecule has 4 heteroatoms. The van der Waals surface area contributed by atoms with E-state index in [0.29, 0.717) is 11.8 Å². The van der Waals surface area contributed by atoms with E-state index >= 15 is 0 Å². The Morgan fingerprint density at radius 1 is 0.745 bits per heavy atom. The van der Waals surface area contributed by atoms with Gasteiger partial charge in [-0.1, -0.05) is 124 Å². The highest BCUT2D eigenvalue weighted by molar-refractivity contribution is 8.07. The number of Topliss-reactive ketones (excluding diaryl/α,β-unsaturated/α-hetero) is 1. The van der Waals surface area contributed by atoms with Gasteiger partial charge in [0.05, 0.1) is 5.03 Å². The number of allylic oxidation sites excluding steroid dienone is 1. The zero-order chi connectivity index (χ0) is 35.3. The molecule has 1 aliphatic carbocycles. The van der Waals surface area contributed by atoms with E-state index < -0.39 is 0 Å². The highest BCUT2D eigenvalue weighted by Gasteiger charge is 2.33. The van der Waals surface area contributed by atoms with Gasteiger partial charge in [0, 0.05) is 52.6 Å². The average molecular weight is 689 g/mol. The zero-order valence-corrected chi connectivity index (χ0v) is 31.1. The van der Waals surface area contributed by atoms with E-state index in [2.05, 4.69) is 153 Å². The minimum Gasteiger partial charge on any atom is -0.361 e. The van der Waals surface area contributed by atoms with E-state index in [9.17, 15) is 4.79 Å². The third kappa shape index (κ3) is 7.48. The number of likely N-dealkylation sites (N-methyl/N-ethyl adjacent to an activating group) is 1. The lowest BCUT2D eigenvalue weighted by Crippen LogP contribution is -2.19. The molecule has 1 fully saturated rings. The molecule has 5 aromatic rings. The Bertz CT molecular complexity index is 2030. The van der Waals surface area contributed by atoms with Gasteiger partial charge in [-0.3, -0.25) is 4.79 Å². The normalized spacial score (nSPS) is 17.5. The molecule has 0 radical (unpaired) electrons. The van der Waals surface area contributed by atoms with Crippen LogP contribution in [-0.4, -0.2) is 23.8 Å². The van der Waals surface area contributed by atoms with E-state index in [4.69, 9.17) is 0 Å². The number of anilines is 3. The van der Waals surface area contributed by atoms with Gasteiger partial charge in [-0.15, -0.1) is 0 Å². The second-order valence-corrected chi connectivity index (χ2v) is 15.0. The molecule has 0 N–H and O–H groups in total. The molecule has 0 spiro atoms. The molecule has 51 heavy (non-hydrogen) atoms. The molecule has 0 aromatic heterocycles. The summed E-state index contributed by atoms with van der Waals surface area (Å²) in [5.41, 5.74) is 11.7. The number of carbonyl (C=O) groups is 1. The maximum atomic E-state index is 13.3. The van der Waals surface area contributed by atoms with Crippen LogP contribution in [0, 0.1) is 0 Å². The molecule has 3 nitrogen and oxygen atoms in total. The second-order valence-electron chi connectivity index (χ2n) is 13.9. The Balaban J connectivity index is 1.09. The van der Waals surface area contributed by atoms with Crippen molar-refractivity contribution in [1.82, 2.24) is 4.90 Å². The monoisotopic (exact) mass is 688 g/mol. The zero-order valence-electron chi connectivity index (χ0n) is 30.3. The van der Waals surface area contributed by atoms with Gasteiger partial charge in [-0.05, 0) is 108 Å². The number of nitrogens with zero attached hydrogens (tertiary/aromatic N) is 2. The number of aryl methyl sites for hydroxylation is 1. The lowest BCUT2D eigenvalue weighted by atomic mass is 9.84. The maximum Gasteiger partial charge on any atom is 0.192 e. The van der Waals surface area contributed by atoms with Crippen molar-refractivity contribution in [2.75, 3.05) is 18.0 Å². The SMILES string of the molecule is CCc1ccc(C(CC)CC(C)c2ccc(N(c3ccccc3)c3ccc(C=C4CN(CC)C(=C5Cc6ccccc6C5=O)S4)cc3)cc2)cc1. The molecule has 1 saturated heterocycles. The van der Waals surface area contributed by atoms with Crippen molar-refractivity contribution in [1.29, 1.82) is 0 Å². The molecule has 0 saturated carbocycles. The van der Waals surface area contributed by atoms with Crippen LogP contribution in [0.15, 0.2) is 143 Å². The topological polar surface area (TPSA) is 23.6 Å². The lowest BCUT2D eigenvalue weighted by molar-refractivity contribution is 0.103. The lowest BCUT2D eigenvalue weighted by Gasteiger charge is -2.26. The summed E-state index contributed by atoms with van der Waals surface area (Å²) >= 11 is 1.76. The standard InChI is InChI=1S/C47H48N2OS/c1-5-34-17-21-38(22-18-34)36(6-2)29-33(4)37-23-27-42(28-24-37)49(40-14-9-8-10-15-40)41-25-19-35(20-26-41)30-43-32-48(7-3)47(51-43)45-31-39-13-11-12-16-44(39)46(45)50/h8-28,30,33,36H,5-7,29,31-32H2,1-4H3. The molecular formula is C47H48N2OS. The van der Waals surface area contributed by atoms with Gasteiger partial charge in [0.15, 0.2) is 5.78 Å². The quantitative estimate of drug-likeness (QED) is 0.129. The third-order valence-corrected chi connectivity index (χ3v) is 11.8. The molecule has 7 rings (SSSR count). The Kier molecular flexibility index (Phi) is 10.6. The van der Waals surface area contributed by atoms with Crippen molar-refractivity contribution in [3.8, 4) is 0 Å². The second kappa shape index (κ2) is 15.6. The highest BCUT2D eigenvalue weighted by Crippen LogP contribution is 2.44. The number of benzene rings is 5. The van der Waals surface area contributed by atoms with Crippen LogP contribution in [0.5, 0.6) is 0 Å². The molecule has 2 aliphatic rings. The average Bonchev–Trinajstić information content (AvgIpc) is 3.75. The van der Waals surface area contributed by atoms with Gasteiger partial charge in [-0.2, -0.15) is 0 Å². The number of carbonyl (C=O) groups excluding carboxylic acids is 1. The van der Waals surface area contributed by atoms with Crippen LogP contribution in [0.25, 0.3) is 6.08 Å². The molecule has 1 heterocycles. The van der Waals surface area contributed by atoms with Gasteiger partial charge >= 0.3 is 0 Å². The predicted molar refractivity (Wildman–Crippen MR) is 217 cm³/mol. The van der Waals surface area contributed by atoms with Gasteiger partial charge in [0.1, 0.15) is 0 Å². The summed E-state index contributed by atoms with van der Waals surface area (Å²) in [4.78, 5) is 19.3. The summed E-state index contributed by atoms with van der Waals surface area (Å²) in [6.07, 6.45) is 6.36. The number of rotatable bonds is 11. The van der Waals surface area contributed by atoms with E-state index in [1.54, 1.807) is 11.8 Å². The van der Waals surface area contributed by atoms with Crippen molar-refractivity contribution in [2.45, 2.75) is 65.2 Å². The number of thioether (sulfide) groups is 1. The summed E-state index contributed by atoms with van der Waals surface area (Å²) in [7, 11) is 0. The fourth-order valence-electron chi connectivity index (χ4n) is 7.57. The first kappa shape index (κ1) is 34.6. The number of fused-ring (bicyclic) bond motifs is 1. The molecule has 0 amide bonds. The molecule has 258 valence electrons. The third-order valence-electron chi connectivity index (χ3n) is 10.6. The Hall–Kier alpha value is -4.80. The summed E-state index contributed by atoms with van der Waals surface area (Å²) in [6, 6.07) is 46.0. The van der Waals surface area contributed by atoms with Crippen molar-refractivity contribution < 1.29 is 4.79 Å². The van der Waals surface area contributed by atoms with Gasteiger partial charge in [0.2, 0.25) is 0 Å². The summed E-state index contributed by atoms with van der Waals surface area (Å²) in [6.45, 7) is 10.8. The summed E-state index contributed by atoms with van der Waals surface area (Å²) in [5.74, 6) is 1.20. The van der Waals surface area contributed by atoms with Crippen LogP contribution in [-0.2, 0) is 12.8 Å². The van der Waals surface area contributed by atoms with E-state index in [0.717, 1.165) is 83.1 Å². The Morgan fingerprint density at radius 2 is 1.37 bits per heavy atom. The van der Waals surface area contributed by atoms with Crippen molar-refractivity contribution in [2.24, 2.45) is 0 Å². The highest BCUT2D eigenvalue weighted by atomic mass is 32.2. The van der Waals surface area contributed by atoms with Gasteiger partial charge < -0.3 is 9.80 Å². The van der Waals surface area contributed by atoms with Crippen LogP contribution in [0.2, 0.25) is 0 Å². The van der Waals surface area contributed by atoms with E-state index in [1.165, 1.54) is 21.6 Å². The summed E-state index contributed by atoms with van der Waals surface area (Å²) < 4.78 is 0. The molecule has 2 unspecified atom stereocenters. The molecule has 0 bridgehead atoms. The maximum absolute atomic E-state index is 13.3. The van der Waals surface area contributed by atoms with E-state index in [1.807, 2.05) is 18.2 Å². The number of hydrogen-bond donors (Lipinski definition) is 0. The van der Waals surface area contributed by atoms with Crippen LogP contribution in [0.3, 0.4) is 0 Å². The van der Waals surface area contributed by atoms with Crippen molar-refractivity contribution in [3.05, 3.63) is 176 Å². The first-order valence-corrected chi connectivity index (χ1v) is 19.4. The first-order valence-electron chi connectivity index (χ1n) is 18.6. The molecule has 1 aliphatic heterocycles. The van der Waals surface area contributed by atoms with Crippen LogP contribution in [0.4, 0.5) is 17.1 Å². The molecular weight excluding hydrogens is 641 g/mol. The van der Waals surface area contributed by atoms with Gasteiger partial charge in [0.25, 0.3) is 0 Å². The Labute approximate surface area is 308 Å². The van der Waals surface area contributed by atoms with Crippen molar-refractivity contribution >= 4 is 40.7 Å². The number of para-hydroxylation sites is 1. The fourth-order valence-corrected chi connectivity index (χ4v) is 8.85. The van der Waals surface area contributed by atoms with Crippen molar-refractivity contribution in [3.63, 3.8) is 0 Å². The Morgan fingerprint density at radius 3 is 2.02 bits per heavy atom. The fraction of sp³-hybridized carbons (Fsp3) is 0.255. The van der Waals surface area contributed by atoms with Gasteiger partial charge in [-0.25, -0.2) is 0 Å². The largest absolute Gasteiger partial charge is 0.361 e. The van der Waals surface area contributed by atoms with Crippen LogP contribution < -0.4 is 4.90 Å². The minimum absolute atomic E-state index is 0.184.